The predicted molar refractivity (Wildman–Crippen MR) is 160 cm³/mol. The fourth-order valence-corrected chi connectivity index (χ4v) is 8.18. The lowest BCUT2D eigenvalue weighted by Crippen LogP contribution is -2.19. The van der Waals surface area contributed by atoms with Crippen LogP contribution in [0.15, 0.2) is 42.6 Å². The summed E-state index contributed by atoms with van der Waals surface area (Å²) in [7, 11) is 0. The third-order valence-corrected chi connectivity index (χ3v) is 11.3. The zero-order chi connectivity index (χ0) is 26.3. The van der Waals surface area contributed by atoms with Crippen LogP contribution in [-0.2, 0) is 26.0 Å². The molecule has 0 N–H and O–H groups in total. The highest BCUT2D eigenvalue weighted by molar-refractivity contribution is 8.04. The van der Waals surface area contributed by atoms with Gasteiger partial charge in [-0.1, -0.05) is 37.5 Å². The van der Waals surface area contributed by atoms with Crippen LogP contribution in [-0.4, -0.2) is 35.1 Å². The normalized spacial score (nSPS) is 19.2. The summed E-state index contributed by atoms with van der Waals surface area (Å²) >= 11 is 0.315. The Morgan fingerprint density at radius 1 is 0.838 bits per heavy atom. The Morgan fingerprint density at radius 2 is 1.46 bits per heavy atom. The van der Waals surface area contributed by atoms with E-state index in [0.29, 0.717) is 17.5 Å². The summed E-state index contributed by atoms with van der Waals surface area (Å²) in [6.07, 6.45) is 16.5. The van der Waals surface area contributed by atoms with Crippen LogP contribution >= 0.6 is 0 Å². The molecule has 2 atom stereocenters. The van der Waals surface area contributed by atoms with E-state index in [1.165, 1.54) is 74.7 Å². The number of benzene rings is 1. The van der Waals surface area contributed by atoms with E-state index in [0.717, 1.165) is 30.3 Å². The molecule has 0 spiro atoms. The summed E-state index contributed by atoms with van der Waals surface area (Å²) in [6, 6.07) is 14.9. The molecule has 2 aromatic rings. The van der Waals surface area contributed by atoms with Crippen molar-refractivity contribution in [3.63, 3.8) is 0 Å². The van der Waals surface area contributed by atoms with Crippen molar-refractivity contribution < 1.29 is 8.37 Å². The van der Waals surface area contributed by atoms with Gasteiger partial charge in [-0.25, -0.2) is 4.98 Å². The molecular weight excluding hydrogens is 496 g/mol. The standard InChI is InChI=1S/C31H46N2O2S2/c1-4-36(3)35-37(5-2)23-11-9-7-6-8-10-22-34-31-20-17-27(18-21-31)26-12-14-28(15-13-26)29-16-19-30(24-32)33-25-29/h16-21,25-26,28H,4-15,22-23H2,1-3H3/q+2. The van der Waals surface area contributed by atoms with E-state index < -0.39 is 0 Å². The molecule has 4 nitrogen and oxygen atoms in total. The molecule has 0 aliphatic heterocycles. The van der Waals surface area contributed by atoms with E-state index in [1.54, 1.807) is 0 Å². The molecule has 1 aromatic heterocycles. The average Bonchev–Trinajstić information content (AvgIpc) is 2.96. The van der Waals surface area contributed by atoms with E-state index in [-0.39, 0.29) is 22.4 Å². The largest absolute Gasteiger partial charge is 0.494 e. The van der Waals surface area contributed by atoms with E-state index in [4.69, 9.17) is 13.6 Å². The van der Waals surface area contributed by atoms with Crippen LogP contribution in [0, 0.1) is 11.3 Å². The second-order valence-electron chi connectivity index (χ2n) is 10.0. The number of unbranched alkanes of at least 4 members (excludes halogenated alkanes) is 5. The van der Waals surface area contributed by atoms with Gasteiger partial charge in [0.25, 0.3) is 0 Å². The first-order chi connectivity index (χ1) is 18.1. The predicted octanol–water partition coefficient (Wildman–Crippen LogP) is 7.87. The van der Waals surface area contributed by atoms with Gasteiger partial charge in [-0.15, -0.1) is 0 Å². The summed E-state index contributed by atoms with van der Waals surface area (Å²) in [4.78, 5) is 4.25. The first-order valence-electron chi connectivity index (χ1n) is 14.2. The highest BCUT2D eigenvalue weighted by Crippen LogP contribution is 2.40. The van der Waals surface area contributed by atoms with Crippen molar-refractivity contribution in [2.75, 3.05) is 30.1 Å². The SMILES string of the molecule is CC[S+](C)O[S+](CC)CCCCCCCCOc1ccc(C2CCC(c3ccc(C#N)nc3)CC2)cc1. The second kappa shape index (κ2) is 17.0. The zero-order valence-electron chi connectivity index (χ0n) is 23.1. The van der Waals surface area contributed by atoms with Crippen LogP contribution in [0.5, 0.6) is 5.75 Å². The Kier molecular flexibility index (Phi) is 13.7. The van der Waals surface area contributed by atoms with Crippen LogP contribution in [0.2, 0.25) is 0 Å². The number of nitriles is 1. The Labute approximate surface area is 231 Å². The Morgan fingerprint density at radius 3 is 2.05 bits per heavy atom. The van der Waals surface area contributed by atoms with E-state index in [9.17, 15) is 0 Å². The molecule has 0 amide bonds. The van der Waals surface area contributed by atoms with Crippen molar-refractivity contribution >= 4 is 22.4 Å². The molecule has 2 unspecified atom stereocenters. The van der Waals surface area contributed by atoms with Crippen LogP contribution in [0.3, 0.4) is 0 Å². The van der Waals surface area contributed by atoms with E-state index in [2.05, 4.69) is 61.5 Å². The number of aromatic nitrogens is 1. The van der Waals surface area contributed by atoms with Crippen LogP contribution in [0.1, 0.15) is 107 Å². The van der Waals surface area contributed by atoms with Gasteiger partial charge >= 0.3 is 0 Å². The first kappa shape index (κ1) is 29.9. The summed E-state index contributed by atoms with van der Waals surface area (Å²) in [6.45, 7) is 5.28. The van der Waals surface area contributed by atoms with Gasteiger partial charge in [0.2, 0.25) is 22.4 Å². The Balaban J connectivity index is 1.24. The third-order valence-electron chi connectivity index (χ3n) is 7.43. The minimum atomic E-state index is 0.141. The fourth-order valence-electron chi connectivity index (χ4n) is 5.01. The number of hydrogen-bond acceptors (Lipinski definition) is 4. The minimum absolute atomic E-state index is 0.141. The van der Waals surface area contributed by atoms with Crippen molar-refractivity contribution in [2.45, 2.75) is 89.9 Å². The number of ether oxygens (including phenoxy) is 1. The highest BCUT2D eigenvalue weighted by Gasteiger charge is 2.28. The summed E-state index contributed by atoms with van der Waals surface area (Å²) < 4.78 is 12.2. The van der Waals surface area contributed by atoms with Gasteiger partial charge in [-0.2, -0.15) is 5.26 Å². The molecule has 202 valence electrons. The smallest absolute Gasteiger partial charge is 0.207 e. The molecule has 1 heterocycles. The molecular formula is C31H46N2O2S2+2. The zero-order valence-corrected chi connectivity index (χ0v) is 24.8. The minimum Gasteiger partial charge on any atom is -0.494 e. The molecule has 6 heteroatoms. The van der Waals surface area contributed by atoms with Gasteiger partial charge in [0, 0.05) is 9.83 Å². The lowest BCUT2D eigenvalue weighted by molar-refractivity contribution is 0.304. The molecule has 0 bridgehead atoms. The molecule has 1 aromatic carbocycles. The number of nitrogens with zero attached hydrogens (tertiary/aromatic N) is 2. The van der Waals surface area contributed by atoms with Crippen molar-refractivity contribution in [3.05, 3.63) is 59.4 Å². The molecule has 37 heavy (non-hydrogen) atoms. The summed E-state index contributed by atoms with van der Waals surface area (Å²) in [5, 5.41) is 8.95. The fraction of sp³-hybridized carbons (Fsp3) is 0.613. The summed E-state index contributed by atoms with van der Waals surface area (Å²) in [5.41, 5.74) is 3.21. The quantitative estimate of drug-likeness (QED) is 0.160. The maximum Gasteiger partial charge on any atom is 0.207 e. The van der Waals surface area contributed by atoms with Crippen LogP contribution < -0.4 is 4.74 Å². The first-order valence-corrected chi connectivity index (χ1v) is 17.4. The summed E-state index contributed by atoms with van der Waals surface area (Å²) in [5.74, 6) is 5.73. The number of hydrogen-bond donors (Lipinski definition) is 0. The maximum absolute atomic E-state index is 8.95. The monoisotopic (exact) mass is 542 g/mol. The van der Waals surface area contributed by atoms with E-state index >= 15 is 0 Å². The highest BCUT2D eigenvalue weighted by atomic mass is 32.3. The van der Waals surface area contributed by atoms with Gasteiger partial charge in [0.05, 0.1) is 6.61 Å². The maximum atomic E-state index is 8.95. The van der Waals surface area contributed by atoms with Crippen LogP contribution in [0.25, 0.3) is 0 Å². The molecule has 1 aliphatic rings. The van der Waals surface area contributed by atoms with Gasteiger partial charge in [0.15, 0.2) is 0 Å². The second-order valence-corrected chi connectivity index (χ2v) is 14.2. The molecule has 0 saturated heterocycles. The van der Waals surface area contributed by atoms with Crippen molar-refractivity contribution in [3.8, 4) is 11.8 Å². The molecule has 1 aliphatic carbocycles. The van der Waals surface area contributed by atoms with E-state index in [1.807, 2.05) is 12.3 Å². The lowest BCUT2D eigenvalue weighted by Gasteiger charge is -2.29. The molecule has 0 radical (unpaired) electrons. The van der Waals surface area contributed by atoms with Gasteiger partial charge in [-0.3, -0.25) is 0 Å². The number of pyridine rings is 1. The van der Waals surface area contributed by atoms with Crippen molar-refractivity contribution in [1.29, 1.82) is 5.26 Å². The lowest BCUT2D eigenvalue weighted by atomic mass is 9.76. The molecule has 1 fully saturated rings. The van der Waals surface area contributed by atoms with Gasteiger partial charge in [0.1, 0.15) is 41.0 Å². The van der Waals surface area contributed by atoms with Crippen molar-refractivity contribution in [2.24, 2.45) is 0 Å². The topological polar surface area (TPSA) is 55.1 Å². The average molecular weight is 543 g/mol. The van der Waals surface area contributed by atoms with Gasteiger partial charge < -0.3 is 4.74 Å². The Hall–Kier alpha value is -1.68. The number of rotatable bonds is 16. The van der Waals surface area contributed by atoms with Crippen LogP contribution in [0.4, 0.5) is 0 Å². The van der Waals surface area contributed by atoms with Crippen molar-refractivity contribution in [1.82, 2.24) is 4.98 Å². The molecule has 1 saturated carbocycles. The third kappa shape index (κ3) is 10.5. The van der Waals surface area contributed by atoms with Gasteiger partial charge in [-0.05, 0) is 100.0 Å². The molecule has 3 rings (SSSR count). The Bertz CT molecular complexity index is 922.